The summed E-state index contributed by atoms with van der Waals surface area (Å²) >= 11 is 0. The normalized spacial score (nSPS) is 16.5. The third kappa shape index (κ3) is 13.0. The maximum absolute atomic E-state index is 6.63. The summed E-state index contributed by atoms with van der Waals surface area (Å²) in [6.07, 6.45) is 22.0. The van der Waals surface area contributed by atoms with E-state index in [9.17, 15) is 0 Å². The maximum atomic E-state index is 6.63. The molecular formula is C80H84O8. The fourth-order valence-electron chi connectivity index (χ4n) is 13.7. The molecule has 4 aliphatic heterocycles. The van der Waals surface area contributed by atoms with Crippen LogP contribution in [0, 0.1) is 0 Å². The average molecular weight is 1170 g/mol. The van der Waals surface area contributed by atoms with Crippen LogP contribution in [0.4, 0.5) is 0 Å². The zero-order valence-corrected chi connectivity index (χ0v) is 51.2. The molecule has 8 nitrogen and oxygen atoms in total. The lowest BCUT2D eigenvalue weighted by molar-refractivity contribution is 0.281. The summed E-state index contributed by atoms with van der Waals surface area (Å²) in [6, 6.07) is 60.3. The highest BCUT2D eigenvalue weighted by atomic mass is 16.5. The molecule has 14 rings (SSSR count). The minimum atomic E-state index is 0.688. The highest BCUT2D eigenvalue weighted by molar-refractivity contribution is 6.24. The SMILES string of the molecule is c1cc2c3c(c1)OCCCCCCCOc1cccc(c1-c1c4ccccc4c-3c3ccccc13)OCCCCCCCO2.c1cc2c3c(c1)OCCCCCCCOc1cccc(c1-c1c4ccccc4c-3c3ccccc13)OCCCCCCCO2. The first kappa shape index (κ1) is 58.6. The standard InChI is InChI=1S/2C40H42O4/c2*1-3-11-25-41-33-21-15-23-35-39(33)37-29-17-7-9-19-31(29)38(32-20-10-8-18-30(32)37)40-34(42-26-12-4-1)22-16-24-36(40)44-28-14-6-2-5-13-27-43-35/h2*7-10,15-24H,1-6,11-14,25-28H2. The second kappa shape index (κ2) is 29.1. The molecule has 8 heteroatoms. The first-order chi connectivity index (χ1) is 43.8. The Balaban J connectivity index is 0.000000162. The molecule has 0 aliphatic carbocycles. The van der Waals surface area contributed by atoms with E-state index in [1.54, 1.807) is 0 Å². The van der Waals surface area contributed by atoms with E-state index in [0.29, 0.717) is 52.9 Å². The van der Waals surface area contributed by atoms with Gasteiger partial charge in [-0.2, -0.15) is 0 Å². The van der Waals surface area contributed by atoms with Gasteiger partial charge in [-0.25, -0.2) is 0 Å². The van der Waals surface area contributed by atoms with Crippen molar-refractivity contribution in [3.8, 4) is 90.5 Å². The van der Waals surface area contributed by atoms with Crippen molar-refractivity contribution in [1.82, 2.24) is 0 Å². The monoisotopic (exact) mass is 1170 g/mol. The van der Waals surface area contributed by atoms with Gasteiger partial charge in [-0.3, -0.25) is 0 Å². The largest absolute Gasteiger partial charge is 0.493 e. The van der Waals surface area contributed by atoms with E-state index in [4.69, 9.17) is 37.9 Å². The Bertz CT molecular complexity index is 3260. The minimum absolute atomic E-state index is 0.688. The molecule has 0 amide bonds. The predicted octanol–water partition coefficient (Wildman–Crippen LogP) is 21.5. The molecule has 10 aromatic carbocycles. The van der Waals surface area contributed by atoms with Gasteiger partial charge in [-0.05, 0) is 143 Å². The Morgan fingerprint density at radius 2 is 0.273 bits per heavy atom. The second-order valence-electron chi connectivity index (χ2n) is 24.1. The van der Waals surface area contributed by atoms with Crippen LogP contribution < -0.4 is 37.9 Å². The maximum Gasteiger partial charge on any atom is 0.130 e. The summed E-state index contributed by atoms with van der Waals surface area (Å²) in [6.45, 7) is 5.50. The lowest BCUT2D eigenvalue weighted by Gasteiger charge is -2.23. The van der Waals surface area contributed by atoms with E-state index >= 15 is 0 Å². The fourth-order valence-corrected chi connectivity index (χ4v) is 13.7. The van der Waals surface area contributed by atoms with E-state index in [2.05, 4.69) is 170 Å². The van der Waals surface area contributed by atoms with E-state index in [1.165, 1.54) is 25.7 Å². The van der Waals surface area contributed by atoms with Crippen LogP contribution in [0.25, 0.3) is 87.6 Å². The molecule has 4 heterocycles. The van der Waals surface area contributed by atoms with Crippen LogP contribution in [0.15, 0.2) is 170 Å². The molecule has 0 spiro atoms. The van der Waals surface area contributed by atoms with Crippen LogP contribution >= 0.6 is 0 Å². The summed E-state index contributed by atoms with van der Waals surface area (Å²) in [5, 5.41) is 9.31. The van der Waals surface area contributed by atoms with Crippen molar-refractivity contribution in [1.29, 1.82) is 0 Å². The molecular weight excluding hydrogens is 1090 g/mol. The highest BCUT2D eigenvalue weighted by Crippen LogP contribution is 2.54. The number of benzene rings is 10. The number of hydrogen-bond donors (Lipinski definition) is 0. The molecule has 0 saturated carbocycles. The molecule has 452 valence electrons. The lowest BCUT2D eigenvalue weighted by atomic mass is 9.85. The van der Waals surface area contributed by atoms with Gasteiger partial charge in [0, 0.05) is 22.3 Å². The number of rotatable bonds is 0. The van der Waals surface area contributed by atoms with Crippen LogP contribution in [0.3, 0.4) is 0 Å². The van der Waals surface area contributed by atoms with Crippen molar-refractivity contribution in [2.24, 2.45) is 0 Å². The Labute approximate surface area is 520 Å². The van der Waals surface area contributed by atoms with E-state index in [-0.39, 0.29) is 0 Å². The summed E-state index contributed by atoms with van der Waals surface area (Å²) in [5.41, 5.74) is 8.78. The number of fused-ring (bicyclic) bond motifs is 2. The Morgan fingerprint density at radius 1 is 0.136 bits per heavy atom. The van der Waals surface area contributed by atoms with E-state index in [1.807, 2.05) is 0 Å². The fraction of sp³-hybridized carbons (Fsp3) is 0.350. The Morgan fingerprint density at radius 3 is 0.420 bits per heavy atom. The molecule has 8 bridgehead atoms. The number of hydrogen-bond acceptors (Lipinski definition) is 8. The topological polar surface area (TPSA) is 73.8 Å². The van der Waals surface area contributed by atoms with Gasteiger partial charge in [-0.1, -0.05) is 198 Å². The van der Waals surface area contributed by atoms with Crippen molar-refractivity contribution in [3.63, 3.8) is 0 Å². The van der Waals surface area contributed by atoms with Crippen molar-refractivity contribution in [2.75, 3.05) is 52.9 Å². The molecule has 0 N–H and O–H groups in total. The van der Waals surface area contributed by atoms with Gasteiger partial charge in [0.2, 0.25) is 0 Å². The van der Waals surface area contributed by atoms with Crippen molar-refractivity contribution in [2.45, 2.75) is 128 Å². The average Bonchev–Trinajstić information content (AvgIpc) is 0.993. The van der Waals surface area contributed by atoms with Gasteiger partial charge in [0.1, 0.15) is 46.0 Å². The Hall–Kier alpha value is -8.36. The summed E-state index contributed by atoms with van der Waals surface area (Å²) < 4.78 is 53.0. The van der Waals surface area contributed by atoms with E-state index < -0.39 is 0 Å². The third-order valence-electron chi connectivity index (χ3n) is 18.0. The number of ether oxygens (including phenoxy) is 8. The zero-order chi connectivity index (χ0) is 59.1. The van der Waals surface area contributed by atoms with Gasteiger partial charge < -0.3 is 37.9 Å². The predicted molar refractivity (Wildman–Crippen MR) is 361 cm³/mol. The quantitative estimate of drug-likeness (QED) is 0.139. The third-order valence-corrected chi connectivity index (χ3v) is 18.0. The Kier molecular flexibility index (Phi) is 19.4. The summed E-state index contributed by atoms with van der Waals surface area (Å²) in [7, 11) is 0. The molecule has 0 radical (unpaired) electrons. The highest BCUT2D eigenvalue weighted by Gasteiger charge is 2.28. The van der Waals surface area contributed by atoms with Gasteiger partial charge in [0.05, 0.1) is 75.1 Å². The van der Waals surface area contributed by atoms with Crippen LogP contribution in [-0.4, -0.2) is 52.9 Å². The molecule has 0 aromatic heterocycles. The van der Waals surface area contributed by atoms with Gasteiger partial charge >= 0.3 is 0 Å². The van der Waals surface area contributed by atoms with Crippen LogP contribution in [0.2, 0.25) is 0 Å². The molecule has 0 fully saturated rings. The van der Waals surface area contributed by atoms with Crippen molar-refractivity contribution >= 4 is 43.1 Å². The lowest BCUT2D eigenvalue weighted by Crippen LogP contribution is -2.04. The van der Waals surface area contributed by atoms with Crippen LogP contribution in [-0.2, 0) is 0 Å². The first-order valence-corrected chi connectivity index (χ1v) is 33.2. The first-order valence-electron chi connectivity index (χ1n) is 33.2. The molecule has 0 unspecified atom stereocenters. The molecule has 0 saturated heterocycles. The molecule has 88 heavy (non-hydrogen) atoms. The summed E-state index contributed by atoms with van der Waals surface area (Å²) in [5.74, 6) is 7.12. The van der Waals surface area contributed by atoms with Crippen molar-refractivity contribution < 1.29 is 37.9 Å². The van der Waals surface area contributed by atoms with Crippen LogP contribution in [0.5, 0.6) is 46.0 Å². The van der Waals surface area contributed by atoms with Gasteiger partial charge in [0.15, 0.2) is 0 Å². The molecule has 0 atom stereocenters. The minimum Gasteiger partial charge on any atom is -0.493 e. The molecule has 4 aliphatic rings. The van der Waals surface area contributed by atoms with Crippen LogP contribution in [0.1, 0.15) is 128 Å². The molecule has 10 aromatic rings. The van der Waals surface area contributed by atoms with Gasteiger partial charge in [0.25, 0.3) is 0 Å². The zero-order valence-electron chi connectivity index (χ0n) is 51.2. The smallest absolute Gasteiger partial charge is 0.130 e. The van der Waals surface area contributed by atoms with Gasteiger partial charge in [-0.15, -0.1) is 0 Å². The van der Waals surface area contributed by atoms with E-state index in [0.717, 1.165) is 236 Å². The van der Waals surface area contributed by atoms with Crippen molar-refractivity contribution in [3.05, 3.63) is 170 Å². The second-order valence-corrected chi connectivity index (χ2v) is 24.1. The summed E-state index contributed by atoms with van der Waals surface area (Å²) in [4.78, 5) is 0.